The first-order valence-corrected chi connectivity index (χ1v) is 8.67. The summed E-state index contributed by atoms with van der Waals surface area (Å²) < 4.78 is 3.81. The minimum absolute atomic E-state index is 0.0197. The van der Waals surface area contributed by atoms with Gasteiger partial charge in [0.1, 0.15) is 0 Å². The monoisotopic (exact) mass is 373 g/mol. The van der Waals surface area contributed by atoms with E-state index in [-0.39, 0.29) is 17.7 Å². The first-order valence-electron chi connectivity index (χ1n) is 8.67. The molecule has 2 heterocycles. The number of anilines is 1. The Balaban J connectivity index is 2.01. The molecule has 0 aliphatic carbocycles. The molecular formula is C18H23N5O4. The summed E-state index contributed by atoms with van der Waals surface area (Å²) in [6.07, 6.45) is -0.317. The third-order valence-electron chi connectivity index (χ3n) is 4.49. The Morgan fingerprint density at radius 3 is 2.52 bits per heavy atom. The fraction of sp³-hybridized carbons (Fsp3) is 0.389. The highest BCUT2D eigenvalue weighted by atomic mass is 16.3. The zero-order valence-corrected chi connectivity index (χ0v) is 15.3. The van der Waals surface area contributed by atoms with Gasteiger partial charge in [-0.15, -0.1) is 0 Å². The highest BCUT2D eigenvalue weighted by molar-refractivity contribution is 5.74. The average Bonchev–Trinajstić information content (AvgIpc) is 3.03. The summed E-state index contributed by atoms with van der Waals surface area (Å²) in [6.45, 7) is 0.0835. The fourth-order valence-corrected chi connectivity index (χ4v) is 2.99. The Morgan fingerprint density at radius 1 is 1.15 bits per heavy atom. The van der Waals surface area contributed by atoms with Crippen LogP contribution in [0.4, 0.5) is 5.95 Å². The first-order chi connectivity index (χ1) is 12.9. The van der Waals surface area contributed by atoms with E-state index in [9.17, 15) is 19.8 Å². The van der Waals surface area contributed by atoms with Gasteiger partial charge in [-0.25, -0.2) is 4.79 Å². The molecule has 1 atom stereocenters. The second-order valence-electron chi connectivity index (χ2n) is 6.42. The van der Waals surface area contributed by atoms with Crippen LogP contribution >= 0.6 is 0 Å². The van der Waals surface area contributed by atoms with E-state index in [2.05, 4.69) is 10.3 Å². The maximum absolute atomic E-state index is 12.6. The van der Waals surface area contributed by atoms with Crippen molar-refractivity contribution in [2.24, 2.45) is 14.1 Å². The van der Waals surface area contributed by atoms with Crippen LogP contribution in [0.2, 0.25) is 0 Å². The highest BCUT2D eigenvalue weighted by Crippen LogP contribution is 2.16. The van der Waals surface area contributed by atoms with E-state index < -0.39 is 24.0 Å². The molecule has 0 saturated heterocycles. The summed E-state index contributed by atoms with van der Waals surface area (Å²) in [4.78, 5) is 29.2. The molecule has 0 bridgehead atoms. The van der Waals surface area contributed by atoms with Crippen LogP contribution in [0, 0.1) is 0 Å². The number of fused-ring (bicyclic) bond motifs is 1. The molecule has 0 amide bonds. The summed E-state index contributed by atoms with van der Waals surface area (Å²) >= 11 is 0. The van der Waals surface area contributed by atoms with Crippen LogP contribution in [0.1, 0.15) is 5.56 Å². The molecule has 0 fully saturated rings. The number of benzene rings is 1. The molecular weight excluding hydrogens is 350 g/mol. The van der Waals surface area contributed by atoms with Gasteiger partial charge in [0.2, 0.25) is 5.95 Å². The third kappa shape index (κ3) is 3.64. The van der Waals surface area contributed by atoms with Gasteiger partial charge in [-0.05, 0) is 12.0 Å². The Hall–Kier alpha value is -2.91. The summed E-state index contributed by atoms with van der Waals surface area (Å²) in [5.74, 6) is 0.367. The molecule has 3 rings (SSSR count). The number of aromatic nitrogens is 4. The van der Waals surface area contributed by atoms with Gasteiger partial charge in [-0.3, -0.25) is 13.9 Å². The lowest BCUT2D eigenvalue weighted by atomic mass is 10.1. The molecule has 0 aliphatic heterocycles. The van der Waals surface area contributed by atoms with E-state index in [1.165, 1.54) is 23.2 Å². The molecule has 9 heteroatoms. The van der Waals surface area contributed by atoms with Crippen molar-refractivity contribution < 1.29 is 10.2 Å². The zero-order valence-electron chi connectivity index (χ0n) is 15.3. The first kappa shape index (κ1) is 18.9. The SMILES string of the molecule is Cn1c(=O)c2c(nc(NCCc3ccccc3)n2C[C@@H](O)CO)n(C)c1=O. The van der Waals surface area contributed by atoms with E-state index in [1.807, 2.05) is 30.3 Å². The van der Waals surface area contributed by atoms with Crippen molar-refractivity contribution in [1.29, 1.82) is 0 Å². The molecule has 27 heavy (non-hydrogen) atoms. The van der Waals surface area contributed by atoms with Crippen molar-refractivity contribution in [3.05, 3.63) is 56.7 Å². The van der Waals surface area contributed by atoms with Crippen LogP contribution in [-0.4, -0.2) is 48.2 Å². The van der Waals surface area contributed by atoms with Crippen LogP contribution in [0.25, 0.3) is 11.2 Å². The predicted molar refractivity (Wildman–Crippen MR) is 102 cm³/mol. The van der Waals surface area contributed by atoms with E-state index in [1.54, 1.807) is 0 Å². The Bertz CT molecular complexity index is 1050. The number of imidazole rings is 1. The molecule has 0 saturated carbocycles. The number of aryl methyl sites for hydroxylation is 1. The second-order valence-corrected chi connectivity index (χ2v) is 6.42. The Kier molecular flexibility index (Phi) is 5.43. The van der Waals surface area contributed by atoms with Gasteiger partial charge in [-0.1, -0.05) is 30.3 Å². The molecule has 3 N–H and O–H groups in total. The average molecular weight is 373 g/mol. The van der Waals surface area contributed by atoms with Crippen molar-refractivity contribution >= 4 is 17.1 Å². The van der Waals surface area contributed by atoms with Crippen LogP contribution < -0.4 is 16.6 Å². The van der Waals surface area contributed by atoms with Crippen molar-refractivity contribution in [2.75, 3.05) is 18.5 Å². The Labute approximate surface area is 155 Å². The molecule has 1 aromatic carbocycles. The van der Waals surface area contributed by atoms with E-state index in [4.69, 9.17) is 0 Å². The van der Waals surface area contributed by atoms with Gasteiger partial charge < -0.3 is 20.1 Å². The lowest BCUT2D eigenvalue weighted by Gasteiger charge is -2.13. The quantitative estimate of drug-likeness (QED) is 0.512. The minimum atomic E-state index is -1.06. The largest absolute Gasteiger partial charge is 0.394 e. The summed E-state index contributed by atoms with van der Waals surface area (Å²) in [6, 6.07) is 9.89. The van der Waals surface area contributed by atoms with Crippen LogP contribution in [0.5, 0.6) is 0 Å². The van der Waals surface area contributed by atoms with Crippen LogP contribution in [-0.2, 0) is 27.1 Å². The number of nitrogens with zero attached hydrogens (tertiary/aromatic N) is 4. The maximum Gasteiger partial charge on any atom is 0.332 e. The van der Waals surface area contributed by atoms with E-state index in [0.29, 0.717) is 12.5 Å². The van der Waals surface area contributed by atoms with Crippen molar-refractivity contribution in [2.45, 2.75) is 19.1 Å². The number of rotatable bonds is 7. The van der Waals surface area contributed by atoms with Gasteiger partial charge >= 0.3 is 5.69 Å². The number of aliphatic hydroxyl groups excluding tert-OH is 2. The summed E-state index contributed by atoms with van der Waals surface area (Å²) in [7, 11) is 2.93. The lowest BCUT2D eigenvalue weighted by molar-refractivity contribution is 0.0824. The fourth-order valence-electron chi connectivity index (χ4n) is 2.99. The number of hydrogen-bond acceptors (Lipinski definition) is 6. The number of hydrogen-bond donors (Lipinski definition) is 3. The van der Waals surface area contributed by atoms with Crippen LogP contribution in [0.15, 0.2) is 39.9 Å². The predicted octanol–water partition coefficient (Wildman–Crippen LogP) is -0.559. The van der Waals surface area contributed by atoms with Crippen molar-refractivity contribution in [3.63, 3.8) is 0 Å². The molecule has 144 valence electrons. The van der Waals surface area contributed by atoms with Crippen LogP contribution in [0.3, 0.4) is 0 Å². The zero-order chi connectivity index (χ0) is 19.6. The van der Waals surface area contributed by atoms with Gasteiger partial charge in [0, 0.05) is 20.6 Å². The van der Waals surface area contributed by atoms with Gasteiger partial charge in [-0.2, -0.15) is 4.98 Å². The van der Waals surface area contributed by atoms with Crippen molar-refractivity contribution in [1.82, 2.24) is 18.7 Å². The summed E-state index contributed by atoms with van der Waals surface area (Å²) in [5.41, 5.74) is 0.605. The molecule has 3 aromatic rings. The standard InChI is InChI=1S/C18H23N5O4/c1-21-15-14(16(26)22(2)18(21)27)23(10-13(25)11-24)17(20-15)19-9-8-12-6-4-3-5-7-12/h3-7,13,24-25H,8-11H2,1-2H3,(H,19,20)/t13-/m1/s1. The van der Waals surface area contributed by atoms with Crippen molar-refractivity contribution in [3.8, 4) is 0 Å². The second kappa shape index (κ2) is 7.77. The molecule has 0 aliphatic rings. The number of nitrogens with one attached hydrogen (secondary N) is 1. The van der Waals surface area contributed by atoms with Gasteiger partial charge in [0.05, 0.1) is 19.3 Å². The normalized spacial score (nSPS) is 12.4. The Morgan fingerprint density at radius 2 is 1.85 bits per heavy atom. The minimum Gasteiger partial charge on any atom is -0.394 e. The maximum atomic E-state index is 12.6. The highest BCUT2D eigenvalue weighted by Gasteiger charge is 2.20. The van der Waals surface area contributed by atoms with E-state index in [0.717, 1.165) is 16.6 Å². The molecule has 2 aromatic heterocycles. The lowest BCUT2D eigenvalue weighted by Crippen LogP contribution is -2.38. The smallest absolute Gasteiger partial charge is 0.332 e. The molecule has 9 nitrogen and oxygen atoms in total. The molecule has 0 radical (unpaired) electrons. The molecule has 0 spiro atoms. The van der Waals surface area contributed by atoms with Gasteiger partial charge in [0.15, 0.2) is 11.2 Å². The topological polar surface area (TPSA) is 114 Å². The number of aliphatic hydroxyl groups is 2. The van der Waals surface area contributed by atoms with Gasteiger partial charge in [0.25, 0.3) is 5.56 Å². The van der Waals surface area contributed by atoms with E-state index >= 15 is 0 Å². The molecule has 0 unspecified atom stereocenters. The summed E-state index contributed by atoms with van der Waals surface area (Å²) in [5, 5.41) is 22.3. The third-order valence-corrected chi connectivity index (χ3v) is 4.49.